The van der Waals surface area contributed by atoms with Crippen molar-refractivity contribution >= 4 is 40.5 Å². The number of hydrogen-bond acceptors (Lipinski definition) is 6. The predicted octanol–water partition coefficient (Wildman–Crippen LogP) is 2.75. The van der Waals surface area contributed by atoms with Crippen molar-refractivity contribution in [2.45, 2.75) is 16.2 Å². The molecule has 0 spiro atoms. The highest BCUT2D eigenvalue weighted by Gasteiger charge is 2.09. The molecule has 3 N–H and O–H groups in total. The summed E-state index contributed by atoms with van der Waals surface area (Å²) in [7, 11) is 0. The Labute approximate surface area is 117 Å². The van der Waals surface area contributed by atoms with Crippen molar-refractivity contribution in [1.82, 2.24) is 10.2 Å². The number of oxime groups is 1. The first-order valence-corrected chi connectivity index (χ1v) is 6.86. The van der Waals surface area contributed by atoms with Crippen molar-refractivity contribution in [3.05, 3.63) is 33.8 Å². The molecule has 94 valence electrons. The molecule has 18 heavy (non-hydrogen) atoms. The van der Waals surface area contributed by atoms with Crippen molar-refractivity contribution in [2.75, 3.05) is 0 Å². The summed E-state index contributed by atoms with van der Waals surface area (Å²) in [6, 6.07) is 5.18. The van der Waals surface area contributed by atoms with E-state index in [1.165, 1.54) is 23.1 Å². The molecule has 0 saturated heterocycles. The molecule has 2 aromatic rings. The highest BCUT2D eigenvalue weighted by atomic mass is 35.5. The molecule has 0 radical (unpaired) electrons. The number of aryl methyl sites for hydroxylation is 1. The maximum absolute atomic E-state index is 8.58. The molecule has 0 amide bonds. The lowest BCUT2D eigenvalue weighted by atomic mass is 10.2. The number of nitrogens with zero attached hydrogens (tertiary/aromatic N) is 3. The van der Waals surface area contributed by atoms with Crippen LogP contribution >= 0.6 is 34.7 Å². The van der Waals surface area contributed by atoms with Gasteiger partial charge in [-0.25, -0.2) is 0 Å². The van der Waals surface area contributed by atoms with Crippen LogP contribution in [0.5, 0.6) is 0 Å². The molecule has 0 bridgehead atoms. The molecule has 0 aliphatic heterocycles. The lowest BCUT2D eigenvalue weighted by Gasteiger charge is -2.04. The van der Waals surface area contributed by atoms with Crippen LogP contribution in [0.2, 0.25) is 5.02 Å². The van der Waals surface area contributed by atoms with Gasteiger partial charge in [0.15, 0.2) is 10.2 Å². The van der Waals surface area contributed by atoms with Gasteiger partial charge in [-0.05, 0) is 25.1 Å². The number of benzene rings is 1. The molecule has 1 aromatic carbocycles. The normalized spacial score (nSPS) is 11.8. The third-order valence-corrected chi connectivity index (χ3v) is 4.43. The van der Waals surface area contributed by atoms with E-state index in [2.05, 4.69) is 15.4 Å². The number of rotatable bonds is 3. The molecule has 0 aliphatic carbocycles. The van der Waals surface area contributed by atoms with Crippen LogP contribution in [0.15, 0.2) is 32.6 Å². The molecule has 0 unspecified atom stereocenters. The van der Waals surface area contributed by atoms with Gasteiger partial charge in [-0.15, -0.1) is 10.2 Å². The molecule has 1 heterocycles. The van der Waals surface area contributed by atoms with Gasteiger partial charge in [0.25, 0.3) is 0 Å². The quantitative estimate of drug-likeness (QED) is 0.394. The molecule has 5 nitrogen and oxygen atoms in total. The van der Waals surface area contributed by atoms with E-state index in [-0.39, 0.29) is 5.84 Å². The predicted molar refractivity (Wildman–Crippen MR) is 72.7 cm³/mol. The fraction of sp³-hybridized carbons (Fsp3) is 0.100. The van der Waals surface area contributed by atoms with Crippen LogP contribution in [0.1, 0.15) is 10.6 Å². The molecule has 0 saturated carbocycles. The summed E-state index contributed by atoms with van der Waals surface area (Å²) in [6.45, 7) is 1.89. The van der Waals surface area contributed by atoms with Crippen molar-refractivity contribution in [3.8, 4) is 0 Å². The number of amidine groups is 1. The lowest BCUT2D eigenvalue weighted by Crippen LogP contribution is -2.12. The number of halogens is 1. The SMILES string of the molecule is Cc1nnc(Sc2ccc(/C(N)=N/O)cc2Cl)s1. The van der Waals surface area contributed by atoms with Crippen LogP contribution in [-0.2, 0) is 0 Å². The minimum atomic E-state index is 0.0280. The number of hydrogen-bond donors (Lipinski definition) is 2. The Morgan fingerprint density at radius 1 is 1.50 bits per heavy atom. The third kappa shape index (κ3) is 2.92. The summed E-state index contributed by atoms with van der Waals surface area (Å²) in [6.07, 6.45) is 0. The Kier molecular flexibility index (Phi) is 4.05. The molecule has 2 rings (SSSR count). The second-order valence-corrected chi connectivity index (χ2v) is 6.20. The average molecular weight is 301 g/mol. The largest absolute Gasteiger partial charge is 0.409 e. The van der Waals surface area contributed by atoms with E-state index in [0.29, 0.717) is 10.6 Å². The van der Waals surface area contributed by atoms with Gasteiger partial charge in [0.1, 0.15) is 5.01 Å². The fourth-order valence-electron chi connectivity index (χ4n) is 1.21. The van der Waals surface area contributed by atoms with Crippen LogP contribution in [0.25, 0.3) is 0 Å². The van der Waals surface area contributed by atoms with E-state index in [0.717, 1.165) is 14.2 Å². The zero-order valence-corrected chi connectivity index (χ0v) is 11.7. The Morgan fingerprint density at radius 2 is 2.28 bits per heavy atom. The van der Waals surface area contributed by atoms with Gasteiger partial charge in [0, 0.05) is 10.5 Å². The number of aromatic nitrogens is 2. The Morgan fingerprint density at radius 3 is 2.83 bits per heavy atom. The second-order valence-electron chi connectivity index (χ2n) is 3.32. The first-order chi connectivity index (χ1) is 8.60. The van der Waals surface area contributed by atoms with Crippen molar-refractivity contribution in [3.63, 3.8) is 0 Å². The van der Waals surface area contributed by atoms with Crippen LogP contribution in [0.4, 0.5) is 0 Å². The van der Waals surface area contributed by atoms with Gasteiger partial charge in [-0.3, -0.25) is 0 Å². The van der Waals surface area contributed by atoms with E-state index in [1.807, 2.05) is 6.92 Å². The lowest BCUT2D eigenvalue weighted by molar-refractivity contribution is 0.318. The molecule has 1 aromatic heterocycles. The molecule has 0 aliphatic rings. The summed E-state index contributed by atoms with van der Waals surface area (Å²) in [5, 5.41) is 20.9. The van der Waals surface area contributed by atoms with Gasteiger partial charge in [-0.2, -0.15) is 0 Å². The molecule has 8 heteroatoms. The van der Waals surface area contributed by atoms with Gasteiger partial charge in [0.05, 0.1) is 5.02 Å². The van der Waals surface area contributed by atoms with Gasteiger partial charge in [0.2, 0.25) is 0 Å². The monoisotopic (exact) mass is 300 g/mol. The zero-order valence-electron chi connectivity index (χ0n) is 9.29. The van der Waals surface area contributed by atoms with Crippen molar-refractivity contribution < 1.29 is 5.21 Å². The Hall–Kier alpha value is -1.31. The number of nitrogens with two attached hydrogens (primary N) is 1. The van der Waals surface area contributed by atoms with Gasteiger partial charge < -0.3 is 10.9 Å². The minimum Gasteiger partial charge on any atom is -0.409 e. The Balaban J connectivity index is 2.25. The molecule has 0 fully saturated rings. The maximum Gasteiger partial charge on any atom is 0.179 e. The van der Waals surface area contributed by atoms with E-state index in [1.54, 1.807) is 18.2 Å². The second kappa shape index (κ2) is 5.55. The van der Waals surface area contributed by atoms with Crippen molar-refractivity contribution in [1.29, 1.82) is 0 Å². The van der Waals surface area contributed by atoms with E-state index in [9.17, 15) is 0 Å². The fourth-order valence-corrected chi connectivity index (χ4v) is 3.29. The minimum absolute atomic E-state index is 0.0280. The first kappa shape index (κ1) is 13.1. The molecule has 0 atom stereocenters. The Bertz CT molecular complexity index is 599. The molecular formula is C10H9ClN4OS2. The third-order valence-electron chi connectivity index (χ3n) is 2.04. The first-order valence-electron chi connectivity index (χ1n) is 4.85. The zero-order chi connectivity index (χ0) is 13.1. The van der Waals surface area contributed by atoms with Crippen LogP contribution in [-0.4, -0.2) is 21.2 Å². The van der Waals surface area contributed by atoms with Crippen LogP contribution in [0.3, 0.4) is 0 Å². The van der Waals surface area contributed by atoms with E-state index >= 15 is 0 Å². The smallest absolute Gasteiger partial charge is 0.179 e. The molecular weight excluding hydrogens is 292 g/mol. The topological polar surface area (TPSA) is 84.4 Å². The van der Waals surface area contributed by atoms with Crippen molar-refractivity contribution in [2.24, 2.45) is 10.9 Å². The highest BCUT2D eigenvalue weighted by Crippen LogP contribution is 2.35. The summed E-state index contributed by atoms with van der Waals surface area (Å²) >= 11 is 9.06. The standard InChI is InChI=1S/C10H9ClN4OS2/c1-5-13-14-10(17-5)18-8-3-2-6(4-7(8)11)9(12)15-16/h2-4,16H,1H3,(H2,12,15). The van der Waals surface area contributed by atoms with Gasteiger partial charge in [-0.1, -0.05) is 39.9 Å². The maximum atomic E-state index is 8.58. The van der Waals surface area contributed by atoms with E-state index in [4.69, 9.17) is 22.5 Å². The van der Waals surface area contributed by atoms with Crippen LogP contribution < -0.4 is 5.73 Å². The summed E-state index contributed by atoms with van der Waals surface area (Å²) in [4.78, 5) is 0.849. The van der Waals surface area contributed by atoms with Gasteiger partial charge >= 0.3 is 0 Å². The summed E-state index contributed by atoms with van der Waals surface area (Å²) in [5.74, 6) is 0.0280. The van der Waals surface area contributed by atoms with Crippen LogP contribution in [0, 0.1) is 6.92 Å². The highest BCUT2D eigenvalue weighted by molar-refractivity contribution is 8.01. The average Bonchev–Trinajstić information content (AvgIpc) is 2.76. The summed E-state index contributed by atoms with van der Waals surface area (Å²) in [5.41, 5.74) is 6.05. The van der Waals surface area contributed by atoms with E-state index < -0.39 is 0 Å². The summed E-state index contributed by atoms with van der Waals surface area (Å²) < 4.78 is 0.825.